The highest BCUT2D eigenvalue weighted by molar-refractivity contribution is 7.09. The quantitative estimate of drug-likeness (QED) is 0.804. The predicted molar refractivity (Wildman–Crippen MR) is 87.3 cm³/mol. The highest BCUT2D eigenvalue weighted by Crippen LogP contribution is 2.29. The van der Waals surface area contributed by atoms with E-state index in [1.165, 1.54) is 16.3 Å². The second kappa shape index (κ2) is 5.98. The number of rotatable bonds is 4. The Balaban J connectivity index is 1.84. The Kier molecular flexibility index (Phi) is 4.06. The molecule has 0 amide bonds. The molecule has 0 atom stereocenters. The van der Waals surface area contributed by atoms with Gasteiger partial charge in [0.25, 0.3) is 0 Å². The largest absolute Gasteiger partial charge is 0.365 e. The molecule has 0 radical (unpaired) electrons. The molecule has 0 bridgehead atoms. The number of ketones is 1. The average molecular weight is 300 g/mol. The van der Waals surface area contributed by atoms with Gasteiger partial charge in [0.05, 0.1) is 17.2 Å². The molecule has 3 rings (SSSR count). The number of benzene rings is 1. The summed E-state index contributed by atoms with van der Waals surface area (Å²) in [5, 5.41) is 3.37. The summed E-state index contributed by atoms with van der Waals surface area (Å²) in [6.07, 6.45) is 3.20. The monoisotopic (exact) mass is 300 g/mol. The van der Waals surface area contributed by atoms with Gasteiger partial charge in [0.1, 0.15) is 0 Å². The highest BCUT2D eigenvalue weighted by Gasteiger charge is 2.18. The van der Waals surface area contributed by atoms with Gasteiger partial charge in [-0.05, 0) is 49.9 Å². The van der Waals surface area contributed by atoms with Gasteiger partial charge in [0.2, 0.25) is 0 Å². The minimum atomic E-state index is 0.141. The summed E-state index contributed by atoms with van der Waals surface area (Å²) in [5.74, 6) is 0.141. The number of carbonyl (C=O) groups excluding carboxylic acids is 1. The normalized spacial score (nSPS) is 14.1. The Morgan fingerprint density at radius 3 is 3.00 bits per heavy atom. The standard InChI is InChI=1S/C17H20N2OS/c1-3-17-18-15(11-21-17)10-19-8-4-5-14-9-13(12(2)20)6-7-16(14)19/h6-7,9,11H,3-5,8,10H2,1-2H3. The van der Waals surface area contributed by atoms with E-state index < -0.39 is 0 Å². The van der Waals surface area contributed by atoms with Crippen LogP contribution in [0.3, 0.4) is 0 Å². The first-order chi connectivity index (χ1) is 10.2. The van der Waals surface area contributed by atoms with Gasteiger partial charge in [-0.25, -0.2) is 4.98 Å². The summed E-state index contributed by atoms with van der Waals surface area (Å²) in [6, 6.07) is 6.10. The number of hydrogen-bond acceptors (Lipinski definition) is 4. The van der Waals surface area contributed by atoms with E-state index in [0.29, 0.717) is 0 Å². The lowest BCUT2D eigenvalue weighted by atomic mass is 9.98. The lowest BCUT2D eigenvalue weighted by molar-refractivity contribution is 0.101. The van der Waals surface area contributed by atoms with Crippen molar-refractivity contribution < 1.29 is 4.79 Å². The van der Waals surface area contributed by atoms with Crippen molar-refractivity contribution in [1.82, 2.24) is 4.98 Å². The minimum Gasteiger partial charge on any atom is -0.365 e. The third kappa shape index (κ3) is 3.00. The van der Waals surface area contributed by atoms with Gasteiger partial charge in [-0.3, -0.25) is 4.79 Å². The Labute approximate surface area is 129 Å². The van der Waals surface area contributed by atoms with Crippen LogP contribution in [0, 0.1) is 0 Å². The van der Waals surface area contributed by atoms with Crippen LogP contribution in [0.25, 0.3) is 0 Å². The zero-order chi connectivity index (χ0) is 14.8. The van der Waals surface area contributed by atoms with Crippen LogP contribution < -0.4 is 4.90 Å². The van der Waals surface area contributed by atoms with E-state index in [4.69, 9.17) is 0 Å². The van der Waals surface area contributed by atoms with Crippen molar-refractivity contribution in [3.8, 4) is 0 Å². The first kappa shape index (κ1) is 14.3. The molecular weight excluding hydrogens is 280 g/mol. The minimum absolute atomic E-state index is 0.141. The van der Waals surface area contributed by atoms with Gasteiger partial charge >= 0.3 is 0 Å². The van der Waals surface area contributed by atoms with E-state index in [9.17, 15) is 4.79 Å². The van der Waals surface area contributed by atoms with Crippen molar-refractivity contribution in [3.05, 3.63) is 45.4 Å². The summed E-state index contributed by atoms with van der Waals surface area (Å²) in [7, 11) is 0. The van der Waals surface area contributed by atoms with Crippen molar-refractivity contribution >= 4 is 22.8 Å². The third-order valence-electron chi connectivity index (χ3n) is 3.96. The number of thiazole rings is 1. The van der Waals surface area contributed by atoms with Crippen molar-refractivity contribution in [1.29, 1.82) is 0 Å². The first-order valence-corrected chi connectivity index (χ1v) is 8.37. The molecule has 3 nitrogen and oxygen atoms in total. The maximum Gasteiger partial charge on any atom is 0.159 e. The SMILES string of the molecule is CCc1nc(CN2CCCc3cc(C(C)=O)ccc32)cs1. The number of anilines is 1. The molecule has 1 aliphatic heterocycles. The van der Waals surface area contributed by atoms with Gasteiger partial charge in [-0.1, -0.05) is 6.92 Å². The fourth-order valence-corrected chi connectivity index (χ4v) is 3.57. The molecule has 2 aromatic rings. The molecule has 0 N–H and O–H groups in total. The topological polar surface area (TPSA) is 33.2 Å². The van der Waals surface area contributed by atoms with Gasteiger partial charge in [-0.15, -0.1) is 11.3 Å². The molecule has 0 unspecified atom stereocenters. The highest BCUT2D eigenvalue weighted by atomic mass is 32.1. The van der Waals surface area contributed by atoms with E-state index in [-0.39, 0.29) is 5.78 Å². The summed E-state index contributed by atoms with van der Waals surface area (Å²) in [5.41, 5.74) is 4.52. The number of aryl methyl sites for hydroxylation is 2. The third-order valence-corrected chi connectivity index (χ3v) is 5.00. The van der Waals surface area contributed by atoms with Crippen LogP contribution in [0.5, 0.6) is 0 Å². The van der Waals surface area contributed by atoms with E-state index in [2.05, 4.69) is 34.3 Å². The maximum atomic E-state index is 11.5. The molecule has 2 heterocycles. The number of aromatic nitrogens is 1. The van der Waals surface area contributed by atoms with Crippen molar-refractivity contribution in [2.45, 2.75) is 39.7 Å². The molecule has 0 fully saturated rings. The Morgan fingerprint density at radius 2 is 2.29 bits per heavy atom. The van der Waals surface area contributed by atoms with Crippen LogP contribution in [-0.4, -0.2) is 17.3 Å². The zero-order valence-electron chi connectivity index (χ0n) is 12.6. The van der Waals surface area contributed by atoms with E-state index in [0.717, 1.165) is 43.6 Å². The van der Waals surface area contributed by atoms with Crippen molar-refractivity contribution in [3.63, 3.8) is 0 Å². The number of Topliss-reactive ketones (excluding diaryl/α,β-unsaturated/α-hetero) is 1. The Morgan fingerprint density at radius 1 is 1.43 bits per heavy atom. The average Bonchev–Trinajstić information content (AvgIpc) is 2.94. The number of fused-ring (bicyclic) bond motifs is 1. The molecule has 0 saturated heterocycles. The molecule has 0 saturated carbocycles. The lowest BCUT2D eigenvalue weighted by Gasteiger charge is -2.31. The number of nitrogens with zero attached hydrogens (tertiary/aromatic N) is 2. The molecule has 1 aromatic carbocycles. The molecule has 110 valence electrons. The molecular formula is C17H20N2OS. The maximum absolute atomic E-state index is 11.5. The van der Waals surface area contributed by atoms with Crippen LogP contribution >= 0.6 is 11.3 Å². The summed E-state index contributed by atoms with van der Waals surface area (Å²) in [6.45, 7) is 5.69. The summed E-state index contributed by atoms with van der Waals surface area (Å²) in [4.78, 5) is 18.6. The summed E-state index contributed by atoms with van der Waals surface area (Å²) < 4.78 is 0. The smallest absolute Gasteiger partial charge is 0.159 e. The van der Waals surface area contributed by atoms with Gasteiger partial charge in [0, 0.05) is 23.2 Å². The van der Waals surface area contributed by atoms with E-state index in [1.54, 1.807) is 18.3 Å². The summed E-state index contributed by atoms with van der Waals surface area (Å²) >= 11 is 1.74. The lowest BCUT2D eigenvalue weighted by Crippen LogP contribution is -2.29. The predicted octanol–water partition coefficient (Wildman–Crippen LogP) is 3.86. The molecule has 0 spiro atoms. The fraction of sp³-hybridized carbons (Fsp3) is 0.412. The van der Waals surface area contributed by atoms with Crippen LogP contribution in [0.4, 0.5) is 5.69 Å². The van der Waals surface area contributed by atoms with Gasteiger partial charge < -0.3 is 4.90 Å². The Hall–Kier alpha value is -1.68. The van der Waals surface area contributed by atoms with Gasteiger partial charge in [0.15, 0.2) is 5.78 Å². The van der Waals surface area contributed by atoms with Crippen molar-refractivity contribution in [2.24, 2.45) is 0 Å². The zero-order valence-corrected chi connectivity index (χ0v) is 13.4. The number of hydrogen-bond donors (Lipinski definition) is 0. The van der Waals surface area contributed by atoms with Crippen LogP contribution in [0.1, 0.15) is 46.9 Å². The molecule has 1 aliphatic rings. The number of carbonyl (C=O) groups is 1. The van der Waals surface area contributed by atoms with E-state index in [1.807, 2.05) is 6.07 Å². The molecule has 21 heavy (non-hydrogen) atoms. The second-order valence-corrected chi connectivity index (χ2v) is 6.45. The van der Waals surface area contributed by atoms with Gasteiger partial charge in [-0.2, -0.15) is 0 Å². The van der Waals surface area contributed by atoms with Crippen molar-refractivity contribution in [2.75, 3.05) is 11.4 Å². The fourth-order valence-electron chi connectivity index (χ4n) is 2.84. The van der Waals surface area contributed by atoms with Crippen LogP contribution in [-0.2, 0) is 19.4 Å². The van der Waals surface area contributed by atoms with E-state index >= 15 is 0 Å². The molecule has 1 aromatic heterocycles. The second-order valence-electron chi connectivity index (χ2n) is 5.51. The van der Waals surface area contributed by atoms with Crippen LogP contribution in [0.15, 0.2) is 23.6 Å². The molecule has 0 aliphatic carbocycles. The first-order valence-electron chi connectivity index (χ1n) is 7.49. The van der Waals surface area contributed by atoms with Crippen LogP contribution in [0.2, 0.25) is 0 Å². The Bertz CT molecular complexity index is 663. The molecule has 4 heteroatoms.